The van der Waals surface area contributed by atoms with Crippen molar-refractivity contribution in [1.82, 2.24) is 0 Å². The van der Waals surface area contributed by atoms with Crippen molar-refractivity contribution in [3.8, 4) is 0 Å². The zero-order valence-corrected chi connectivity index (χ0v) is 12.0. The van der Waals surface area contributed by atoms with Crippen molar-refractivity contribution in [3.63, 3.8) is 0 Å². The molecule has 0 saturated heterocycles. The summed E-state index contributed by atoms with van der Waals surface area (Å²) < 4.78 is 52.8. The van der Waals surface area contributed by atoms with Crippen LogP contribution in [0.3, 0.4) is 0 Å². The van der Waals surface area contributed by atoms with Crippen LogP contribution < -0.4 is 5.32 Å². The maximum Gasteiger partial charge on any atom is 0.225 e. The maximum absolute atomic E-state index is 13.4. The van der Waals surface area contributed by atoms with Gasteiger partial charge in [-0.05, 0) is 12.1 Å². The van der Waals surface area contributed by atoms with Crippen molar-refractivity contribution in [2.45, 2.75) is 11.3 Å². The summed E-state index contributed by atoms with van der Waals surface area (Å²) in [5.74, 6) is -6.74. The molecule has 7 heteroatoms. The molecule has 2 nitrogen and oxygen atoms in total. The smallest absolute Gasteiger partial charge is 0.225 e. The molecule has 1 N–H and O–H groups in total. The standard InChI is InChI=1S/C15H11F4NOS/c16-10-8-11(17)14(19)15(13(10)18)20-12(21)6-7-22-9-4-2-1-3-5-9/h1-5,8H,6-7H2,(H,20,21). The molecule has 0 bridgehead atoms. The fourth-order valence-electron chi connectivity index (χ4n) is 1.66. The molecular formula is C15H11F4NOS. The van der Waals surface area contributed by atoms with Crippen molar-refractivity contribution < 1.29 is 22.4 Å². The van der Waals surface area contributed by atoms with Crippen LogP contribution in [0.1, 0.15) is 6.42 Å². The number of rotatable bonds is 5. The lowest BCUT2D eigenvalue weighted by atomic mass is 10.2. The topological polar surface area (TPSA) is 29.1 Å². The number of carbonyl (C=O) groups is 1. The molecule has 2 aromatic carbocycles. The summed E-state index contributed by atoms with van der Waals surface area (Å²) >= 11 is 1.38. The molecule has 0 aliphatic carbocycles. The van der Waals surface area contributed by atoms with E-state index in [1.807, 2.05) is 35.6 Å². The number of thioether (sulfide) groups is 1. The largest absolute Gasteiger partial charge is 0.321 e. The van der Waals surface area contributed by atoms with Crippen LogP contribution in [0.4, 0.5) is 23.2 Å². The molecule has 0 radical (unpaired) electrons. The molecule has 2 aromatic rings. The number of benzene rings is 2. The fraction of sp³-hybridized carbons (Fsp3) is 0.133. The number of halogens is 4. The van der Waals surface area contributed by atoms with E-state index in [-0.39, 0.29) is 12.5 Å². The second-order valence-corrected chi connectivity index (χ2v) is 5.47. The van der Waals surface area contributed by atoms with Gasteiger partial charge in [0.15, 0.2) is 23.3 Å². The van der Waals surface area contributed by atoms with Gasteiger partial charge >= 0.3 is 0 Å². The third-order valence-electron chi connectivity index (χ3n) is 2.72. The quantitative estimate of drug-likeness (QED) is 0.501. The number of hydrogen-bond acceptors (Lipinski definition) is 2. The van der Waals surface area contributed by atoms with Crippen LogP contribution in [-0.2, 0) is 4.79 Å². The van der Waals surface area contributed by atoms with Gasteiger partial charge in [0, 0.05) is 23.1 Å². The molecule has 22 heavy (non-hydrogen) atoms. The summed E-state index contributed by atoms with van der Waals surface area (Å²) in [7, 11) is 0. The first-order chi connectivity index (χ1) is 10.5. The van der Waals surface area contributed by atoms with E-state index >= 15 is 0 Å². The zero-order valence-electron chi connectivity index (χ0n) is 11.2. The van der Waals surface area contributed by atoms with Gasteiger partial charge in [0.2, 0.25) is 5.91 Å². The van der Waals surface area contributed by atoms with Gasteiger partial charge in [-0.1, -0.05) is 18.2 Å². The molecule has 0 fully saturated rings. The zero-order chi connectivity index (χ0) is 16.1. The summed E-state index contributed by atoms with van der Waals surface area (Å²) in [5, 5.41) is 1.86. The third-order valence-corrected chi connectivity index (χ3v) is 3.73. The van der Waals surface area contributed by atoms with Gasteiger partial charge in [0.1, 0.15) is 5.69 Å². The molecule has 1 amide bonds. The van der Waals surface area contributed by atoms with Crippen LogP contribution in [-0.4, -0.2) is 11.7 Å². The first kappa shape index (κ1) is 16.4. The molecule has 0 spiro atoms. The van der Waals surface area contributed by atoms with E-state index in [1.54, 1.807) is 0 Å². The lowest BCUT2D eigenvalue weighted by Gasteiger charge is -2.09. The second kappa shape index (κ2) is 7.31. The predicted octanol–water partition coefficient (Wildman–Crippen LogP) is 4.36. The molecule has 0 aliphatic heterocycles. The van der Waals surface area contributed by atoms with E-state index in [9.17, 15) is 22.4 Å². The predicted molar refractivity (Wildman–Crippen MR) is 76.7 cm³/mol. The lowest BCUT2D eigenvalue weighted by Crippen LogP contribution is -2.16. The Balaban J connectivity index is 1.95. The number of hydrogen-bond donors (Lipinski definition) is 1. The maximum atomic E-state index is 13.4. The Bertz CT molecular complexity index is 653. The van der Waals surface area contributed by atoms with Crippen LogP contribution in [0.2, 0.25) is 0 Å². The molecule has 0 unspecified atom stereocenters. The minimum absolute atomic E-state index is 0.0590. The second-order valence-electron chi connectivity index (χ2n) is 4.30. The highest BCUT2D eigenvalue weighted by molar-refractivity contribution is 7.99. The Kier molecular flexibility index (Phi) is 5.43. The SMILES string of the molecule is O=C(CCSc1ccccc1)Nc1c(F)c(F)cc(F)c1F. The molecule has 0 atom stereocenters. The molecule has 0 saturated carbocycles. The van der Waals surface area contributed by atoms with Gasteiger partial charge in [-0.25, -0.2) is 17.6 Å². The van der Waals surface area contributed by atoms with E-state index < -0.39 is 34.9 Å². The average Bonchev–Trinajstić information content (AvgIpc) is 2.51. The number of amides is 1. The van der Waals surface area contributed by atoms with E-state index in [0.29, 0.717) is 5.75 Å². The van der Waals surface area contributed by atoms with Crippen molar-refractivity contribution in [1.29, 1.82) is 0 Å². The van der Waals surface area contributed by atoms with Gasteiger partial charge in [-0.15, -0.1) is 11.8 Å². The summed E-state index contributed by atoms with van der Waals surface area (Å²) in [6.07, 6.45) is -0.0590. The van der Waals surface area contributed by atoms with Crippen molar-refractivity contribution in [3.05, 3.63) is 59.7 Å². The van der Waals surface area contributed by atoms with Crippen LogP contribution in [0.15, 0.2) is 41.3 Å². The molecule has 2 rings (SSSR count). The Hall–Kier alpha value is -2.02. The molecular weight excluding hydrogens is 318 g/mol. The third kappa shape index (κ3) is 4.00. The minimum Gasteiger partial charge on any atom is -0.321 e. The minimum atomic E-state index is -1.62. The highest BCUT2D eigenvalue weighted by atomic mass is 32.2. The highest BCUT2D eigenvalue weighted by Crippen LogP contribution is 2.24. The van der Waals surface area contributed by atoms with E-state index in [1.165, 1.54) is 11.8 Å². The molecule has 0 aliphatic rings. The average molecular weight is 329 g/mol. The summed E-state index contributed by atoms with van der Waals surface area (Å²) in [6, 6.07) is 9.31. The number of nitrogens with one attached hydrogen (secondary N) is 1. The fourth-order valence-corrected chi connectivity index (χ4v) is 2.54. The van der Waals surface area contributed by atoms with Crippen LogP contribution in [0.25, 0.3) is 0 Å². The number of carbonyl (C=O) groups excluding carboxylic acids is 1. The normalized spacial score (nSPS) is 10.5. The molecule has 116 valence electrons. The van der Waals surface area contributed by atoms with Gasteiger partial charge in [-0.3, -0.25) is 4.79 Å². The van der Waals surface area contributed by atoms with Crippen LogP contribution in [0.5, 0.6) is 0 Å². The first-order valence-corrected chi connectivity index (χ1v) is 7.28. The van der Waals surface area contributed by atoms with Crippen molar-refractivity contribution in [2.75, 3.05) is 11.1 Å². The van der Waals surface area contributed by atoms with Gasteiger partial charge < -0.3 is 5.32 Å². The Labute approximate surface area is 128 Å². The van der Waals surface area contributed by atoms with Crippen LogP contribution in [0, 0.1) is 23.3 Å². The number of anilines is 1. The van der Waals surface area contributed by atoms with Crippen molar-refractivity contribution >= 4 is 23.4 Å². The van der Waals surface area contributed by atoms with Gasteiger partial charge in [0.05, 0.1) is 0 Å². The Morgan fingerprint density at radius 2 is 1.59 bits per heavy atom. The van der Waals surface area contributed by atoms with Crippen LogP contribution >= 0.6 is 11.8 Å². The van der Waals surface area contributed by atoms with E-state index in [0.717, 1.165) is 4.90 Å². The first-order valence-electron chi connectivity index (χ1n) is 6.29. The Morgan fingerprint density at radius 3 is 2.18 bits per heavy atom. The lowest BCUT2D eigenvalue weighted by molar-refractivity contribution is -0.115. The van der Waals surface area contributed by atoms with Crippen molar-refractivity contribution in [2.24, 2.45) is 0 Å². The van der Waals surface area contributed by atoms with Gasteiger partial charge in [0.25, 0.3) is 0 Å². The van der Waals surface area contributed by atoms with E-state index in [4.69, 9.17) is 0 Å². The van der Waals surface area contributed by atoms with Gasteiger partial charge in [-0.2, -0.15) is 0 Å². The Morgan fingerprint density at radius 1 is 1.00 bits per heavy atom. The highest BCUT2D eigenvalue weighted by Gasteiger charge is 2.20. The monoisotopic (exact) mass is 329 g/mol. The van der Waals surface area contributed by atoms with E-state index in [2.05, 4.69) is 0 Å². The molecule has 0 heterocycles. The summed E-state index contributed by atoms with van der Waals surface area (Å²) in [5.41, 5.74) is -1.10. The summed E-state index contributed by atoms with van der Waals surface area (Å²) in [4.78, 5) is 12.6. The summed E-state index contributed by atoms with van der Waals surface area (Å²) in [6.45, 7) is 0. The molecule has 0 aromatic heterocycles.